The van der Waals surface area contributed by atoms with Gasteiger partial charge in [0.1, 0.15) is 5.69 Å². The van der Waals surface area contributed by atoms with Gasteiger partial charge in [-0.1, -0.05) is 30.3 Å². The fourth-order valence-corrected chi connectivity index (χ4v) is 1.34. The highest BCUT2D eigenvalue weighted by atomic mass is 16.6. The zero-order chi connectivity index (χ0) is 12.1. The number of aryl methyl sites for hydroxylation is 1. The van der Waals surface area contributed by atoms with Crippen LogP contribution in [0.5, 0.6) is 0 Å². The molecule has 0 unspecified atom stereocenters. The van der Waals surface area contributed by atoms with Gasteiger partial charge in [0.2, 0.25) is 0 Å². The minimum atomic E-state index is -0.346. The molecule has 0 saturated carbocycles. The van der Waals surface area contributed by atoms with Crippen molar-refractivity contribution in [3.05, 3.63) is 54.1 Å². The number of aromatic nitrogens is 2. The summed E-state index contributed by atoms with van der Waals surface area (Å²) < 4.78 is 1.70. The molecule has 0 spiro atoms. The molecule has 0 atom stereocenters. The van der Waals surface area contributed by atoms with Gasteiger partial charge >= 0.3 is 0 Å². The predicted octanol–water partition coefficient (Wildman–Crippen LogP) is 1.28. The van der Waals surface area contributed by atoms with Crippen molar-refractivity contribution >= 4 is 5.91 Å². The Labute approximate surface area is 99.0 Å². The Morgan fingerprint density at radius 1 is 1.41 bits per heavy atom. The van der Waals surface area contributed by atoms with Gasteiger partial charge in [-0.3, -0.25) is 9.63 Å². The van der Waals surface area contributed by atoms with Crippen molar-refractivity contribution in [2.24, 2.45) is 7.05 Å². The van der Waals surface area contributed by atoms with Crippen LogP contribution in [0.3, 0.4) is 0 Å². The summed E-state index contributed by atoms with van der Waals surface area (Å²) in [4.78, 5) is 20.5. The molecule has 0 aliphatic rings. The second kappa shape index (κ2) is 5.27. The predicted molar refractivity (Wildman–Crippen MR) is 61.9 cm³/mol. The zero-order valence-corrected chi connectivity index (χ0v) is 9.46. The molecule has 5 nitrogen and oxygen atoms in total. The van der Waals surface area contributed by atoms with Crippen LogP contribution >= 0.6 is 0 Å². The summed E-state index contributed by atoms with van der Waals surface area (Å²) in [6, 6.07) is 9.61. The molecule has 0 aliphatic carbocycles. The molecule has 0 aliphatic heterocycles. The average Bonchev–Trinajstić information content (AvgIpc) is 2.77. The molecule has 88 valence electrons. The molecular formula is C12H13N3O2. The number of imidazole rings is 1. The standard InChI is InChI=1S/C12H13N3O2/c1-15-7-11(13-9-15)12(16)14-17-8-10-5-3-2-4-6-10/h2-7,9H,8H2,1H3,(H,14,16). The van der Waals surface area contributed by atoms with Crippen molar-refractivity contribution < 1.29 is 9.63 Å². The van der Waals surface area contributed by atoms with Gasteiger partial charge in [0.05, 0.1) is 12.9 Å². The van der Waals surface area contributed by atoms with Crippen molar-refractivity contribution in [1.29, 1.82) is 0 Å². The van der Waals surface area contributed by atoms with Gasteiger partial charge in [0.15, 0.2) is 0 Å². The lowest BCUT2D eigenvalue weighted by molar-refractivity contribution is 0.0229. The second-order valence-electron chi connectivity index (χ2n) is 3.63. The van der Waals surface area contributed by atoms with Gasteiger partial charge < -0.3 is 4.57 Å². The van der Waals surface area contributed by atoms with E-state index in [1.165, 1.54) is 0 Å². The topological polar surface area (TPSA) is 56.2 Å². The highest BCUT2D eigenvalue weighted by Crippen LogP contribution is 2.00. The third-order valence-corrected chi connectivity index (χ3v) is 2.18. The minimum absolute atomic E-state index is 0.333. The lowest BCUT2D eigenvalue weighted by atomic mass is 10.2. The molecule has 2 aromatic rings. The Morgan fingerprint density at radius 2 is 2.18 bits per heavy atom. The average molecular weight is 231 g/mol. The fraction of sp³-hybridized carbons (Fsp3) is 0.167. The SMILES string of the molecule is Cn1cnc(C(=O)NOCc2ccccc2)c1. The first-order valence-corrected chi connectivity index (χ1v) is 5.20. The van der Waals surface area contributed by atoms with Gasteiger partial charge in [-0.15, -0.1) is 0 Å². The third kappa shape index (κ3) is 3.15. The summed E-state index contributed by atoms with van der Waals surface area (Å²) in [5.74, 6) is -0.346. The molecule has 17 heavy (non-hydrogen) atoms. The van der Waals surface area contributed by atoms with Crippen LogP contribution in [0.25, 0.3) is 0 Å². The summed E-state index contributed by atoms with van der Waals surface area (Å²) in [5.41, 5.74) is 3.67. The Hall–Kier alpha value is -2.14. The fourth-order valence-electron chi connectivity index (χ4n) is 1.34. The number of carbonyl (C=O) groups excluding carboxylic acids is 1. The summed E-state index contributed by atoms with van der Waals surface area (Å²) in [7, 11) is 1.80. The summed E-state index contributed by atoms with van der Waals surface area (Å²) >= 11 is 0. The number of benzene rings is 1. The van der Waals surface area contributed by atoms with E-state index in [2.05, 4.69) is 10.5 Å². The minimum Gasteiger partial charge on any atom is -0.340 e. The quantitative estimate of drug-likeness (QED) is 0.806. The molecule has 0 bridgehead atoms. The summed E-state index contributed by atoms with van der Waals surface area (Å²) in [6.45, 7) is 0.333. The van der Waals surface area contributed by atoms with Crippen LogP contribution < -0.4 is 5.48 Å². The van der Waals surface area contributed by atoms with Crippen LogP contribution in [0.2, 0.25) is 0 Å². The Bertz CT molecular complexity index is 493. The van der Waals surface area contributed by atoms with E-state index in [1.807, 2.05) is 30.3 Å². The van der Waals surface area contributed by atoms with Gasteiger partial charge in [-0.25, -0.2) is 10.5 Å². The molecule has 1 aromatic heterocycles. The number of rotatable bonds is 4. The number of hydroxylamine groups is 1. The van der Waals surface area contributed by atoms with Crippen LogP contribution in [0.1, 0.15) is 16.1 Å². The molecule has 0 fully saturated rings. The normalized spacial score (nSPS) is 10.2. The summed E-state index contributed by atoms with van der Waals surface area (Å²) in [5, 5.41) is 0. The Balaban J connectivity index is 1.81. The van der Waals surface area contributed by atoms with Gasteiger partial charge in [-0.2, -0.15) is 0 Å². The maximum atomic E-state index is 11.5. The Kier molecular flexibility index (Phi) is 3.52. The number of amides is 1. The van der Waals surface area contributed by atoms with E-state index in [1.54, 1.807) is 24.1 Å². The van der Waals surface area contributed by atoms with E-state index in [-0.39, 0.29) is 5.91 Å². The second-order valence-corrected chi connectivity index (χ2v) is 3.63. The van der Waals surface area contributed by atoms with E-state index < -0.39 is 0 Å². The monoisotopic (exact) mass is 231 g/mol. The van der Waals surface area contributed by atoms with Crippen molar-refractivity contribution in [3.63, 3.8) is 0 Å². The first-order valence-electron chi connectivity index (χ1n) is 5.20. The van der Waals surface area contributed by atoms with Crippen LogP contribution in [-0.2, 0) is 18.5 Å². The van der Waals surface area contributed by atoms with Crippen molar-refractivity contribution in [3.8, 4) is 0 Å². The number of hydrogen-bond acceptors (Lipinski definition) is 3. The number of nitrogens with zero attached hydrogens (tertiary/aromatic N) is 2. The number of nitrogens with one attached hydrogen (secondary N) is 1. The molecule has 0 saturated heterocycles. The van der Waals surface area contributed by atoms with Crippen LogP contribution in [0, 0.1) is 0 Å². The largest absolute Gasteiger partial charge is 0.340 e. The third-order valence-electron chi connectivity index (χ3n) is 2.18. The maximum absolute atomic E-state index is 11.5. The highest BCUT2D eigenvalue weighted by Gasteiger charge is 2.07. The number of hydrogen-bond donors (Lipinski definition) is 1. The van der Waals surface area contributed by atoms with Crippen LogP contribution in [-0.4, -0.2) is 15.5 Å². The van der Waals surface area contributed by atoms with Crippen molar-refractivity contribution in [2.45, 2.75) is 6.61 Å². The van der Waals surface area contributed by atoms with E-state index in [0.29, 0.717) is 12.3 Å². The van der Waals surface area contributed by atoms with E-state index in [4.69, 9.17) is 4.84 Å². The highest BCUT2D eigenvalue weighted by molar-refractivity contribution is 5.91. The first kappa shape index (κ1) is 11.3. The lowest BCUT2D eigenvalue weighted by Crippen LogP contribution is -2.23. The molecule has 1 N–H and O–H groups in total. The number of carbonyl (C=O) groups is 1. The van der Waals surface area contributed by atoms with Gasteiger partial charge in [0.25, 0.3) is 5.91 Å². The first-order chi connectivity index (χ1) is 8.25. The molecule has 1 amide bonds. The lowest BCUT2D eigenvalue weighted by Gasteiger charge is -2.03. The van der Waals surface area contributed by atoms with E-state index in [9.17, 15) is 4.79 Å². The van der Waals surface area contributed by atoms with E-state index >= 15 is 0 Å². The van der Waals surface area contributed by atoms with Crippen LogP contribution in [0.15, 0.2) is 42.9 Å². The molecule has 2 rings (SSSR count). The molecule has 0 radical (unpaired) electrons. The Morgan fingerprint density at radius 3 is 2.82 bits per heavy atom. The van der Waals surface area contributed by atoms with E-state index in [0.717, 1.165) is 5.56 Å². The zero-order valence-electron chi connectivity index (χ0n) is 9.46. The van der Waals surface area contributed by atoms with Crippen molar-refractivity contribution in [2.75, 3.05) is 0 Å². The van der Waals surface area contributed by atoms with Gasteiger partial charge in [-0.05, 0) is 5.56 Å². The molecule has 1 heterocycles. The smallest absolute Gasteiger partial charge is 0.295 e. The maximum Gasteiger partial charge on any atom is 0.295 e. The van der Waals surface area contributed by atoms with Gasteiger partial charge in [0, 0.05) is 13.2 Å². The molecule has 5 heteroatoms. The van der Waals surface area contributed by atoms with Crippen LogP contribution in [0.4, 0.5) is 0 Å². The summed E-state index contributed by atoms with van der Waals surface area (Å²) in [6.07, 6.45) is 3.19. The molecular weight excluding hydrogens is 218 g/mol. The van der Waals surface area contributed by atoms with Crippen molar-refractivity contribution in [1.82, 2.24) is 15.0 Å². The molecule has 1 aromatic carbocycles.